The van der Waals surface area contributed by atoms with Crippen LogP contribution in [0.25, 0.3) is 10.1 Å². The Morgan fingerprint density at radius 1 is 1.00 bits per heavy atom. The molecule has 0 aliphatic rings. The zero-order chi connectivity index (χ0) is 19.7. The number of carbonyl (C=O) groups excluding carboxylic acids is 1. The first-order valence-corrected chi connectivity index (χ1v) is 10.8. The summed E-state index contributed by atoms with van der Waals surface area (Å²) in [7, 11) is 0. The van der Waals surface area contributed by atoms with Crippen LogP contribution < -0.4 is 5.32 Å². The number of aryl methyl sites for hydroxylation is 2. The maximum atomic E-state index is 13.1. The highest BCUT2D eigenvalue weighted by molar-refractivity contribution is 9.10. The molecule has 2 nitrogen and oxygen atoms in total. The third-order valence-corrected chi connectivity index (χ3v) is 6.90. The normalized spacial score (nSPS) is 11.0. The third-order valence-electron chi connectivity index (χ3n) is 4.84. The predicted octanol–water partition coefficient (Wildman–Crippen LogP) is 7.12. The van der Waals surface area contributed by atoms with Crippen molar-refractivity contribution in [3.8, 4) is 0 Å². The molecule has 0 radical (unpaired) electrons. The van der Waals surface area contributed by atoms with Gasteiger partial charge < -0.3 is 5.32 Å². The highest BCUT2D eigenvalue weighted by Gasteiger charge is 2.19. The molecule has 0 aliphatic carbocycles. The summed E-state index contributed by atoms with van der Waals surface area (Å²) >= 11 is 5.09. The summed E-state index contributed by atoms with van der Waals surface area (Å²) in [6.07, 6.45) is 0.741. The lowest BCUT2D eigenvalue weighted by Crippen LogP contribution is -2.12. The summed E-state index contributed by atoms with van der Waals surface area (Å²) in [5.41, 5.74) is 5.47. The van der Waals surface area contributed by atoms with Crippen LogP contribution in [0.3, 0.4) is 0 Å². The van der Waals surface area contributed by atoms with Crippen molar-refractivity contribution < 1.29 is 4.79 Å². The van der Waals surface area contributed by atoms with Gasteiger partial charge in [-0.3, -0.25) is 4.79 Å². The van der Waals surface area contributed by atoms with Crippen molar-refractivity contribution >= 4 is 48.9 Å². The van der Waals surface area contributed by atoms with E-state index in [1.165, 1.54) is 11.1 Å². The molecular formula is C24H20BrNOS. The Bertz CT molecular complexity index is 1160. The fraction of sp³-hybridized carbons (Fsp3) is 0.125. The molecule has 4 aromatic rings. The van der Waals surface area contributed by atoms with Gasteiger partial charge in [-0.1, -0.05) is 70.0 Å². The van der Waals surface area contributed by atoms with E-state index < -0.39 is 0 Å². The van der Waals surface area contributed by atoms with Crippen molar-refractivity contribution in [2.24, 2.45) is 0 Å². The zero-order valence-electron chi connectivity index (χ0n) is 15.8. The van der Waals surface area contributed by atoms with E-state index in [-0.39, 0.29) is 5.91 Å². The number of thiophene rings is 1. The number of fused-ring (bicyclic) bond motifs is 1. The van der Waals surface area contributed by atoms with Crippen LogP contribution in [0.15, 0.2) is 71.2 Å². The summed E-state index contributed by atoms with van der Waals surface area (Å²) < 4.78 is 2.13. The fourth-order valence-corrected chi connectivity index (χ4v) is 4.72. The lowest BCUT2D eigenvalue weighted by molar-refractivity contribution is 0.103. The van der Waals surface area contributed by atoms with Crippen molar-refractivity contribution in [3.63, 3.8) is 0 Å². The van der Waals surface area contributed by atoms with Crippen LogP contribution in [-0.4, -0.2) is 5.91 Å². The van der Waals surface area contributed by atoms with E-state index in [9.17, 15) is 4.79 Å². The molecule has 0 spiro atoms. The Labute approximate surface area is 177 Å². The molecule has 0 atom stereocenters. The van der Waals surface area contributed by atoms with E-state index in [4.69, 9.17) is 0 Å². The molecular weight excluding hydrogens is 430 g/mol. The average Bonchev–Trinajstić information content (AvgIpc) is 3.05. The van der Waals surface area contributed by atoms with Crippen LogP contribution in [0.1, 0.15) is 31.9 Å². The summed E-state index contributed by atoms with van der Waals surface area (Å²) in [4.78, 5) is 13.9. The van der Waals surface area contributed by atoms with Crippen LogP contribution >= 0.6 is 27.3 Å². The van der Waals surface area contributed by atoms with E-state index >= 15 is 0 Å². The van der Waals surface area contributed by atoms with Crippen LogP contribution in [0.4, 0.5) is 5.69 Å². The fourth-order valence-electron chi connectivity index (χ4n) is 3.23. The number of halogens is 1. The number of hydrogen-bond acceptors (Lipinski definition) is 2. The number of hydrogen-bond donors (Lipinski definition) is 1. The van der Waals surface area contributed by atoms with Gasteiger partial charge in [-0.25, -0.2) is 0 Å². The Balaban J connectivity index is 1.71. The van der Waals surface area contributed by atoms with E-state index in [0.717, 1.165) is 42.7 Å². The van der Waals surface area contributed by atoms with Crippen molar-refractivity contribution in [2.45, 2.75) is 20.3 Å². The minimum absolute atomic E-state index is 0.0564. The van der Waals surface area contributed by atoms with Crippen LogP contribution in [0, 0.1) is 13.8 Å². The molecule has 1 aromatic heterocycles. The van der Waals surface area contributed by atoms with Crippen molar-refractivity contribution in [3.05, 3.63) is 98.3 Å². The molecule has 1 amide bonds. The molecule has 0 saturated heterocycles. The number of amides is 1. The monoisotopic (exact) mass is 449 g/mol. The highest BCUT2D eigenvalue weighted by Crippen LogP contribution is 2.34. The molecule has 0 unspecified atom stereocenters. The molecule has 0 saturated carbocycles. The lowest BCUT2D eigenvalue weighted by Gasteiger charge is -2.09. The van der Waals surface area contributed by atoms with Gasteiger partial charge >= 0.3 is 0 Å². The van der Waals surface area contributed by atoms with Crippen molar-refractivity contribution in [1.29, 1.82) is 0 Å². The average molecular weight is 450 g/mol. The minimum atomic E-state index is -0.0564. The smallest absolute Gasteiger partial charge is 0.266 e. The van der Waals surface area contributed by atoms with Gasteiger partial charge in [0, 0.05) is 14.9 Å². The van der Waals surface area contributed by atoms with Gasteiger partial charge in [-0.05, 0) is 60.5 Å². The first-order valence-electron chi connectivity index (χ1n) is 9.15. The molecule has 0 fully saturated rings. The maximum Gasteiger partial charge on any atom is 0.266 e. The SMILES string of the molecule is Cc1ccc(Cc2c(C(=O)Nc3ccc(C)c(Br)c3)sc3ccccc23)cc1. The first kappa shape index (κ1) is 18.9. The van der Waals surface area contributed by atoms with E-state index in [1.807, 2.05) is 37.3 Å². The minimum Gasteiger partial charge on any atom is -0.321 e. The molecule has 1 heterocycles. The molecule has 0 aliphatic heterocycles. The largest absolute Gasteiger partial charge is 0.321 e. The molecule has 140 valence electrons. The summed E-state index contributed by atoms with van der Waals surface area (Å²) in [6, 6.07) is 22.6. The standard InChI is InChI=1S/C24H20BrNOS/c1-15-7-10-17(11-8-15)13-20-19-5-3-4-6-22(19)28-23(20)24(27)26-18-12-9-16(2)21(25)14-18/h3-12,14H,13H2,1-2H3,(H,26,27). The zero-order valence-corrected chi connectivity index (χ0v) is 18.2. The predicted molar refractivity (Wildman–Crippen MR) is 123 cm³/mol. The number of carbonyl (C=O) groups is 1. The van der Waals surface area contributed by atoms with Gasteiger partial charge in [-0.2, -0.15) is 0 Å². The van der Waals surface area contributed by atoms with Gasteiger partial charge in [0.2, 0.25) is 0 Å². The topological polar surface area (TPSA) is 29.1 Å². The second-order valence-electron chi connectivity index (χ2n) is 6.99. The second kappa shape index (κ2) is 7.90. The van der Waals surface area contributed by atoms with Gasteiger partial charge in [0.15, 0.2) is 0 Å². The highest BCUT2D eigenvalue weighted by atomic mass is 79.9. The third kappa shape index (κ3) is 3.89. The summed E-state index contributed by atoms with van der Waals surface area (Å²) in [6.45, 7) is 4.11. The van der Waals surface area contributed by atoms with Crippen LogP contribution in [-0.2, 0) is 6.42 Å². The Morgan fingerprint density at radius 2 is 1.75 bits per heavy atom. The number of anilines is 1. The molecule has 4 rings (SSSR count). The van der Waals surface area contributed by atoms with E-state index in [2.05, 4.69) is 64.6 Å². The van der Waals surface area contributed by atoms with E-state index in [1.54, 1.807) is 11.3 Å². The molecule has 3 aromatic carbocycles. The molecule has 1 N–H and O–H groups in total. The molecule has 0 bridgehead atoms. The second-order valence-corrected chi connectivity index (χ2v) is 8.89. The first-order chi connectivity index (χ1) is 13.5. The van der Waals surface area contributed by atoms with Gasteiger partial charge in [-0.15, -0.1) is 11.3 Å². The van der Waals surface area contributed by atoms with Crippen LogP contribution in [0.2, 0.25) is 0 Å². The van der Waals surface area contributed by atoms with Crippen LogP contribution in [0.5, 0.6) is 0 Å². The maximum absolute atomic E-state index is 13.1. The van der Waals surface area contributed by atoms with E-state index in [0.29, 0.717) is 0 Å². The van der Waals surface area contributed by atoms with Gasteiger partial charge in [0.1, 0.15) is 0 Å². The van der Waals surface area contributed by atoms with Gasteiger partial charge in [0.25, 0.3) is 5.91 Å². The Hall–Kier alpha value is -2.43. The quantitative estimate of drug-likeness (QED) is 0.352. The number of rotatable bonds is 4. The number of benzene rings is 3. The number of nitrogens with one attached hydrogen (secondary N) is 1. The molecule has 4 heteroatoms. The lowest BCUT2D eigenvalue weighted by atomic mass is 10.0. The van der Waals surface area contributed by atoms with Gasteiger partial charge in [0.05, 0.1) is 4.88 Å². The Morgan fingerprint density at radius 3 is 2.50 bits per heavy atom. The summed E-state index contributed by atoms with van der Waals surface area (Å²) in [5.74, 6) is -0.0564. The van der Waals surface area contributed by atoms with Crippen molar-refractivity contribution in [2.75, 3.05) is 5.32 Å². The summed E-state index contributed by atoms with van der Waals surface area (Å²) in [5, 5.41) is 4.22. The van der Waals surface area contributed by atoms with Crippen molar-refractivity contribution in [1.82, 2.24) is 0 Å². The Kier molecular flexibility index (Phi) is 5.33. The molecule has 28 heavy (non-hydrogen) atoms.